The van der Waals surface area contributed by atoms with Crippen molar-refractivity contribution in [2.75, 3.05) is 26.0 Å². The summed E-state index contributed by atoms with van der Waals surface area (Å²) < 4.78 is 30.2. The van der Waals surface area contributed by atoms with Gasteiger partial charge in [0, 0.05) is 30.2 Å². The molecule has 1 N–H and O–H groups in total. The number of benzene rings is 2. The van der Waals surface area contributed by atoms with Crippen molar-refractivity contribution in [1.82, 2.24) is 9.88 Å². The molecule has 3 aromatic rings. The third-order valence-electron chi connectivity index (χ3n) is 5.98. The molecule has 0 saturated carbocycles. The van der Waals surface area contributed by atoms with Gasteiger partial charge in [-0.3, -0.25) is 4.79 Å². The van der Waals surface area contributed by atoms with E-state index < -0.39 is 9.84 Å². The molecule has 1 amide bonds. The molecule has 0 unspecified atom stereocenters. The average Bonchev–Trinajstić information content (AvgIpc) is 3.21. The van der Waals surface area contributed by atoms with Gasteiger partial charge in [0.25, 0.3) is 5.91 Å². The Morgan fingerprint density at radius 3 is 2.60 bits per heavy atom. The maximum absolute atomic E-state index is 13.1. The van der Waals surface area contributed by atoms with E-state index in [2.05, 4.69) is 11.2 Å². The summed E-state index contributed by atoms with van der Waals surface area (Å²) in [5.41, 5.74) is 2.59. The van der Waals surface area contributed by atoms with Crippen molar-refractivity contribution >= 4 is 26.6 Å². The fraction of sp³-hybridized carbons (Fsp3) is 0.348. The normalized spacial score (nSPS) is 15.5. The quantitative estimate of drug-likeness (QED) is 0.669. The highest BCUT2D eigenvalue weighted by molar-refractivity contribution is 7.91. The fourth-order valence-electron chi connectivity index (χ4n) is 4.22. The van der Waals surface area contributed by atoms with E-state index in [1.54, 1.807) is 37.1 Å². The SMILES string of the molecule is CCS(=O)(=O)c1ccccc1C(=O)N1CCC(c2c[nH]c3ccc(OC)cc23)CC1. The predicted octanol–water partition coefficient (Wildman–Crippen LogP) is 3.99. The Bertz CT molecular complexity index is 1170. The number of carbonyl (C=O) groups is 1. The Labute approximate surface area is 176 Å². The maximum atomic E-state index is 13.1. The molecule has 2 heterocycles. The van der Waals surface area contributed by atoms with E-state index in [4.69, 9.17) is 4.74 Å². The van der Waals surface area contributed by atoms with Gasteiger partial charge in [-0.05, 0) is 54.7 Å². The van der Waals surface area contributed by atoms with Crippen LogP contribution < -0.4 is 4.74 Å². The molecule has 4 rings (SSSR count). The minimum absolute atomic E-state index is 0.0244. The summed E-state index contributed by atoms with van der Waals surface area (Å²) in [5, 5.41) is 1.15. The van der Waals surface area contributed by atoms with Gasteiger partial charge < -0.3 is 14.6 Å². The van der Waals surface area contributed by atoms with Crippen LogP contribution in [0.25, 0.3) is 10.9 Å². The number of likely N-dealkylation sites (tertiary alicyclic amines) is 1. The van der Waals surface area contributed by atoms with Crippen LogP contribution in [0.15, 0.2) is 53.6 Å². The Morgan fingerprint density at radius 1 is 1.17 bits per heavy atom. The molecule has 2 aromatic carbocycles. The van der Waals surface area contributed by atoms with Crippen molar-refractivity contribution in [2.24, 2.45) is 0 Å². The van der Waals surface area contributed by atoms with E-state index in [1.165, 1.54) is 11.6 Å². The lowest BCUT2D eigenvalue weighted by Gasteiger charge is -2.32. The van der Waals surface area contributed by atoms with E-state index >= 15 is 0 Å². The Kier molecular flexibility index (Phi) is 5.56. The molecule has 1 saturated heterocycles. The number of ether oxygens (including phenoxy) is 1. The van der Waals surface area contributed by atoms with Crippen LogP contribution in [0.5, 0.6) is 5.75 Å². The highest BCUT2D eigenvalue weighted by atomic mass is 32.2. The van der Waals surface area contributed by atoms with Crippen LogP contribution in [0.4, 0.5) is 0 Å². The van der Waals surface area contributed by atoms with Crippen LogP contribution in [0.2, 0.25) is 0 Å². The summed E-state index contributed by atoms with van der Waals surface area (Å²) in [6.45, 7) is 2.79. The average molecular weight is 427 g/mol. The lowest BCUT2D eigenvalue weighted by molar-refractivity contribution is 0.0709. The zero-order chi connectivity index (χ0) is 21.3. The van der Waals surface area contributed by atoms with Crippen LogP contribution in [0.3, 0.4) is 0 Å². The van der Waals surface area contributed by atoms with Crippen molar-refractivity contribution in [3.8, 4) is 5.75 Å². The molecule has 0 aliphatic carbocycles. The minimum atomic E-state index is -3.45. The van der Waals surface area contributed by atoms with Gasteiger partial charge in [-0.25, -0.2) is 8.42 Å². The number of carbonyl (C=O) groups excluding carboxylic acids is 1. The molecule has 0 radical (unpaired) electrons. The number of H-pyrrole nitrogens is 1. The van der Waals surface area contributed by atoms with Crippen molar-refractivity contribution in [3.63, 3.8) is 0 Å². The van der Waals surface area contributed by atoms with Crippen molar-refractivity contribution in [2.45, 2.75) is 30.6 Å². The van der Waals surface area contributed by atoms with Crippen molar-refractivity contribution in [1.29, 1.82) is 0 Å². The number of amides is 1. The topological polar surface area (TPSA) is 79.5 Å². The fourth-order valence-corrected chi connectivity index (χ4v) is 5.31. The zero-order valence-electron chi connectivity index (χ0n) is 17.2. The van der Waals surface area contributed by atoms with Crippen LogP contribution >= 0.6 is 0 Å². The highest BCUT2D eigenvalue weighted by Gasteiger charge is 2.29. The smallest absolute Gasteiger partial charge is 0.255 e. The molecular formula is C23H26N2O4S. The summed E-state index contributed by atoms with van der Waals surface area (Å²) in [5.74, 6) is 0.930. The lowest BCUT2D eigenvalue weighted by atomic mass is 9.89. The van der Waals surface area contributed by atoms with Gasteiger partial charge in [-0.2, -0.15) is 0 Å². The van der Waals surface area contributed by atoms with Gasteiger partial charge in [-0.15, -0.1) is 0 Å². The first-order chi connectivity index (χ1) is 14.4. The number of aromatic amines is 1. The second kappa shape index (κ2) is 8.14. The van der Waals surface area contributed by atoms with Gasteiger partial charge in [0.05, 0.1) is 23.3 Å². The molecular weight excluding hydrogens is 400 g/mol. The Hall–Kier alpha value is -2.80. The molecule has 1 aliphatic heterocycles. The first-order valence-corrected chi connectivity index (χ1v) is 11.9. The summed E-state index contributed by atoms with van der Waals surface area (Å²) in [6.07, 6.45) is 3.71. The van der Waals surface area contributed by atoms with Crippen molar-refractivity contribution < 1.29 is 17.9 Å². The van der Waals surface area contributed by atoms with Gasteiger partial charge in [0.15, 0.2) is 9.84 Å². The number of hydrogen-bond donors (Lipinski definition) is 1. The van der Waals surface area contributed by atoms with Gasteiger partial charge in [-0.1, -0.05) is 19.1 Å². The molecule has 0 spiro atoms. The molecule has 1 aliphatic rings. The predicted molar refractivity (Wildman–Crippen MR) is 117 cm³/mol. The summed E-state index contributed by atoms with van der Waals surface area (Å²) >= 11 is 0. The number of rotatable bonds is 5. The lowest BCUT2D eigenvalue weighted by Crippen LogP contribution is -2.38. The van der Waals surface area contributed by atoms with Gasteiger partial charge in [0.2, 0.25) is 0 Å². The first-order valence-electron chi connectivity index (χ1n) is 10.2. The van der Waals surface area contributed by atoms with Crippen LogP contribution in [0.1, 0.15) is 41.6 Å². The molecule has 30 heavy (non-hydrogen) atoms. The number of nitrogens with zero attached hydrogens (tertiary/aromatic N) is 1. The molecule has 7 heteroatoms. The van der Waals surface area contributed by atoms with E-state index in [0.717, 1.165) is 29.5 Å². The number of fused-ring (bicyclic) bond motifs is 1. The summed E-state index contributed by atoms with van der Waals surface area (Å²) in [6, 6.07) is 12.5. The highest BCUT2D eigenvalue weighted by Crippen LogP contribution is 2.35. The van der Waals surface area contributed by atoms with Crippen LogP contribution in [-0.2, 0) is 9.84 Å². The largest absolute Gasteiger partial charge is 0.497 e. The number of sulfone groups is 1. The third-order valence-corrected chi connectivity index (χ3v) is 7.76. The second-order valence-corrected chi connectivity index (χ2v) is 9.87. The van der Waals surface area contributed by atoms with Crippen LogP contribution in [-0.4, -0.2) is 50.2 Å². The maximum Gasteiger partial charge on any atom is 0.255 e. The number of hydrogen-bond acceptors (Lipinski definition) is 4. The van der Waals surface area contributed by atoms with E-state index in [9.17, 15) is 13.2 Å². The molecule has 158 valence electrons. The molecule has 1 fully saturated rings. The molecule has 6 nitrogen and oxygen atoms in total. The molecule has 0 atom stereocenters. The Balaban J connectivity index is 1.53. The number of nitrogens with one attached hydrogen (secondary N) is 1. The number of methoxy groups -OCH3 is 1. The zero-order valence-corrected chi connectivity index (χ0v) is 18.0. The number of aromatic nitrogens is 1. The second-order valence-electron chi connectivity index (χ2n) is 7.62. The third kappa shape index (κ3) is 3.69. The standard InChI is InChI=1S/C23H26N2O4S/c1-3-30(27,28)22-7-5-4-6-18(22)23(26)25-12-10-16(11-13-25)20-15-24-21-9-8-17(29-2)14-19(20)21/h4-9,14-16,24H,3,10-13H2,1-2H3. The monoisotopic (exact) mass is 426 g/mol. The Morgan fingerprint density at radius 2 is 1.90 bits per heavy atom. The summed E-state index contributed by atoms with van der Waals surface area (Å²) in [4.78, 5) is 18.3. The molecule has 1 aromatic heterocycles. The van der Waals surface area contributed by atoms with Crippen molar-refractivity contribution in [3.05, 3.63) is 59.8 Å². The minimum Gasteiger partial charge on any atom is -0.497 e. The van der Waals surface area contributed by atoms with E-state index in [-0.39, 0.29) is 22.1 Å². The van der Waals surface area contributed by atoms with E-state index in [0.29, 0.717) is 19.0 Å². The summed E-state index contributed by atoms with van der Waals surface area (Å²) in [7, 11) is -1.79. The molecule has 0 bridgehead atoms. The van der Waals surface area contributed by atoms with Crippen LogP contribution in [0, 0.1) is 0 Å². The van der Waals surface area contributed by atoms with E-state index in [1.807, 2.05) is 18.2 Å². The number of piperidine rings is 1. The first kappa shape index (κ1) is 20.5. The van der Waals surface area contributed by atoms with Gasteiger partial charge >= 0.3 is 0 Å². The van der Waals surface area contributed by atoms with Gasteiger partial charge in [0.1, 0.15) is 5.75 Å².